The minimum Gasteiger partial charge on any atom is -0.493 e. The van der Waals surface area contributed by atoms with Crippen molar-refractivity contribution in [2.24, 2.45) is 0 Å². The number of rotatable bonds is 8. The van der Waals surface area contributed by atoms with Crippen LogP contribution in [0.3, 0.4) is 0 Å². The van der Waals surface area contributed by atoms with Gasteiger partial charge in [0.1, 0.15) is 5.75 Å². The minimum atomic E-state index is -0.441. The maximum Gasteiger partial charge on any atom is 0.255 e. The molecule has 35 heavy (non-hydrogen) atoms. The number of hydrogen-bond donors (Lipinski definition) is 3. The Bertz CT molecular complexity index is 1380. The number of aromatic nitrogens is 1. The Labute approximate surface area is 203 Å². The second kappa shape index (κ2) is 9.72. The molecule has 2 heterocycles. The molecule has 0 aliphatic carbocycles. The molecule has 1 aliphatic rings. The smallest absolute Gasteiger partial charge is 0.255 e. The van der Waals surface area contributed by atoms with Gasteiger partial charge in [-0.05, 0) is 59.0 Å². The molecule has 0 fully saturated rings. The van der Waals surface area contributed by atoms with Gasteiger partial charge in [0.2, 0.25) is 0 Å². The molecule has 0 radical (unpaired) electrons. The molecule has 7 heteroatoms. The lowest BCUT2D eigenvalue weighted by Crippen LogP contribution is -2.39. The SMILES string of the molecule is COc1ccc(-c2cc3c(c(C(=O)N[C@@H](CO)Cc4c[nH]c5ccccc45)c2)OCC3)cc1OC. The zero-order valence-corrected chi connectivity index (χ0v) is 19.8. The Hall–Kier alpha value is -3.97. The topological polar surface area (TPSA) is 92.8 Å². The maximum absolute atomic E-state index is 13.4. The predicted octanol–water partition coefficient (Wildman–Crippen LogP) is 4.12. The van der Waals surface area contributed by atoms with Crippen LogP contribution in [0.4, 0.5) is 0 Å². The van der Waals surface area contributed by atoms with Gasteiger partial charge in [0.15, 0.2) is 11.5 Å². The lowest BCUT2D eigenvalue weighted by Gasteiger charge is -2.18. The fourth-order valence-electron chi connectivity index (χ4n) is 4.65. The van der Waals surface area contributed by atoms with Crippen molar-refractivity contribution in [3.05, 3.63) is 77.5 Å². The number of benzene rings is 3. The standard InChI is InChI=1S/C28H28N2O5/c1-33-25-8-7-17(14-26(25)34-2)19-11-18-9-10-35-27(18)23(13-19)28(32)30-21(16-31)12-20-15-29-24-6-4-3-5-22(20)24/h3-8,11,13-15,21,29,31H,9-10,12,16H2,1-2H3,(H,30,32)/t21-/m1/s1. The first-order chi connectivity index (χ1) is 17.1. The fraction of sp³-hybridized carbons (Fsp3) is 0.250. The highest BCUT2D eigenvalue weighted by molar-refractivity contribution is 5.99. The van der Waals surface area contributed by atoms with E-state index >= 15 is 0 Å². The first-order valence-electron chi connectivity index (χ1n) is 11.6. The number of para-hydroxylation sites is 1. The van der Waals surface area contributed by atoms with Gasteiger partial charge in [0, 0.05) is 23.5 Å². The van der Waals surface area contributed by atoms with E-state index in [0.717, 1.165) is 39.6 Å². The number of nitrogens with one attached hydrogen (secondary N) is 2. The molecule has 0 spiro atoms. The van der Waals surface area contributed by atoms with E-state index in [-0.39, 0.29) is 12.5 Å². The summed E-state index contributed by atoms with van der Waals surface area (Å²) in [7, 11) is 3.19. The normalized spacial score (nSPS) is 13.2. The molecule has 1 aliphatic heterocycles. The molecular weight excluding hydrogens is 444 g/mol. The molecule has 1 atom stereocenters. The number of H-pyrrole nitrogens is 1. The van der Waals surface area contributed by atoms with Crippen molar-refractivity contribution in [1.29, 1.82) is 0 Å². The third-order valence-corrected chi connectivity index (χ3v) is 6.44. The summed E-state index contributed by atoms with van der Waals surface area (Å²) in [6.07, 6.45) is 3.16. The maximum atomic E-state index is 13.4. The summed E-state index contributed by atoms with van der Waals surface area (Å²) in [6.45, 7) is 0.355. The van der Waals surface area contributed by atoms with Crippen LogP contribution in [0.15, 0.2) is 60.8 Å². The van der Waals surface area contributed by atoms with Crippen LogP contribution in [0.5, 0.6) is 17.2 Å². The van der Waals surface area contributed by atoms with E-state index < -0.39 is 6.04 Å². The van der Waals surface area contributed by atoms with Crippen molar-refractivity contribution in [1.82, 2.24) is 10.3 Å². The summed E-state index contributed by atoms with van der Waals surface area (Å²) < 4.78 is 16.6. The molecule has 0 unspecified atom stereocenters. The minimum absolute atomic E-state index is 0.177. The highest BCUT2D eigenvalue weighted by Crippen LogP contribution is 2.37. The van der Waals surface area contributed by atoms with Gasteiger partial charge in [-0.1, -0.05) is 24.3 Å². The lowest BCUT2D eigenvalue weighted by atomic mass is 9.97. The second-order valence-electron chi connectivity index (χ2n) is 8.60. The van der Waals surface area contributed by atoms with Gasteiger partial charge in [0.05, 0.1) is 39.0 Å². The quantitative estimate of drug-likeness (QED) is 0.359. The van der Waals surface area contributed by atoms with Crippen molar-refractivity contribution < 1.29 is 24.1 Å². The number of methoxy groups -OCH3 is 2. The molecule has 4 aromatic rings. The number of hydrogen-bond acceptors (Lipinski definition) is 5. The Morgan fingerprint density at radius 2 is 1.91 bits per heavy atom. The average Bonchev–Trinajstić information content (AvgIpc) is 3.54. The van der Waals surface area contributed by atoms with Crippen LogP contribution in [-0.4, -0.2) is 49.5 Å². The van der Waals surface area contributed by atoms with Crippen molar-refractivity contribution in [2.45, 2.75) is 18.9 Å². The molecule has 5 rings (SSSR count). The molecule has 1 aromatic heterocycles. The second-order valence-corrected chi connectivity index (χ2v) is 8.60. The number of amides is 1. The molecule has 0 bridgehead atoms. The summed E-state index contributed by atoms with van der Waals surface area (Å²) in [5.74, 6) is 1.59. The lowest BCUT2D eigenvalue weighted by molar-refractivity contribution is 0.0913. The van der Waals surface area contributed by atoms with E-state index in [2.05, 4.69) is 16.4 Å². The summed E-state index contributed by atoms with van der Waals surface area (Å²) in [5.41, 5.74) is 5.31. The van der Waals surface area contributed by atoms with E-state index in [1.807, 2.05) is 54.7 Å². The first kappa shape index (κ1) is 22.8. The zero-order chi connectivity index (χ0) is 24.4. The third-order valence-electron chi connectivity index (χ3n) is 6.44. The summed E-state index contributed by atoms with van der Waals surface area (Å²) in [4.78, 5) is 16.7. The molecule has 180 valence electrons. The molecule has 7 nitrogen and oxygen atoms in total. The highest BCUT2D eigenvalue weighted by Gasteiger charge is 2.25. The number of carbonyl (C=O) groups is 1. The van der Waals surface area contributed by atoms with Crippen LogP contribution in [0.25, 0.3) is 22.0 Å². The highest BCUT2D eigenvalue weighted by atomic mass is 16.5. The Morgan fingerprint density at radius 3 is 2.71 bits per heavy atom. The van der Waals surface area contributed by atoms with Crippen molar-refractivity contribution in [3.63, 3.8) is 0 Å². The van der Waals surface area contributed by atoms with Crippen LogP contribution in [-0.2, 0) is 12.8 Å². The van der Waals surface area contributed by atoms with E-state index in [4.69, 9.17) is 14.2 Å². The van der Waals surface area contributed by atoms with Crippen LogP contribution in [0.2, 0.25) is 0 Å². The van der Waals surface area contributed by atoms with Crippen LogP contribution >= 0.6 is 0 Å². The molecule has 0 saturated heterocycles. The van der Waals surface area contributed by atoms with E-state index in [9.17, 15) is 9.90 Å². The number of ether oxygens (including phenoxy) is 3. The molecule has 3 aromatic carbocycles. The molecule has 0 saturated carbocycles. The van der Waals surface area contributed by atoms with Crippen LogP contribution in [0, 0.1) is 0 Å². The Balaban J connectivity index is 1.43. The largest absolute Gasteiger partial charge is 0.493 e. The zero-order valence-electron chi connectivity index (χ0n) is 19.8. The van der Waals surface area contributed by atoms with Gasteiger partial charge < -0.3 is 29.6 Å². The summed E-state index contributed by atoms with van der Waals surface area (Å²) in [6, 6.07) is 17.1. The average molecular weight is 473 g/mol. The van der Waals surface area contributed by atoms with Gasteiger partial charge in [0.25, 0.3) is 5.91 Å². The van der Waals surface area contributed by atoms with E-state index in [1.165, 1.54) is 0 Å². The number of fused-ring (bicyclic) bond motifs is 2. The molecular formula is C28H28N2O5. The third kappa shape index (κ3) is 4.42. The van der Waals surface area contributed by atoms with Crippen molar-refractivity contribution in [2.75, 3.05) is 27.4 Å². The van der Waals surface area contributed by atoms with Crippen LogP contribution < -0.4 is 19.5 Å². The molecule has 1 amide bonds. The first-order valence-corrected chi connectivity index (χ1v) is 11.6. The summed E-state index contributed by atoms with van der Waals surface area (Å²) in [5, 5.41) is 14.1. The number of aliphatic hydroxyl groups excluding tert-OH is 1. The van der Waals surface area contributed by atoms with Gasteiger partial charge in [-0.2, -0.15) is 0 Å². The number of aliphatic hydroxyl groups is 1. The summed E-state index contributed by atoms with van der Waals surface area (Å²) >= 11 is 0. The van der Waals surface area contributed by atoms with Gasteiger partial charge >= 0.3 is 0 Å². The fourth-order valence-corrected chi connectivity index (χ4v) is 4.65. The molecule has 3 N–H and O–H groups in total. The number of aromatic amines is 1. The monoisotopic (exact) mass is 472 g/mol. The van der Waals surface area contributed by atoms with Crippen LogP contribution in [0.1, 0.15) is 21.5 Å². The predicted molar refractivity (Wildman–Crippen MR) is 135 cm³/mol. The van der Waals surface area contributed by atoms with E-state index in [1.54, 1.807) is 14.2 Å². The Kier molecular flexibility index (Phi) is 6.33. The number of carbonyl (C=O) groups excluding carboxylic acids is 1. The van der Waals surface area contributed by atoms with Crippen molar-refractivity contribution in [3.8, 4) is 28.4 Å². The van der Waals surface area contributed by atoms with Gasteiger partial charge in [-0.3, -0.25) is 4.79 Å². The van der Waals surface area contributed by atoms with E-state index in [0.29, 0.717) is 35.8 Å². The Morgan fingerprint density at radius 1 is 1.09 bits per heavy atom. The van der Waals surface area contributed by atoms with Gasteiger partial charge in [-0.15, -0.1) is 0 Å². The van der Waals surface area contributed by atoms with Crippen molar-refractivity contribution >= 4 is 16.8 Å². The van der Waals surface area contributed by atoms with Gasteiger partial charge in [-0.25, -0.2) is 0 Å².